The molecule has 4 rings (SSSR count). The van der Waals surface area contributed by atoms with Crippen LogP contribution in [-0.2, 0) is 38.8 Å². The topological polar surface area (TPSA) is 179 Å². The molecule has 16 heteroatoms. The molecule has 194 valence electrons. The van der Waals surface area contributed by atoms with Gasteiger partial charge in [-0.05, 0) is 26.0 Å². The first kappa shape index (κ1) is 26.0. The van der Waals surface area contributed by atoms with Gasteiger partial charge in [0.15, 0.2) is 27.9 Å². The van der Waals surface area contributed by atoms with Crippen molar-refractivity contribution in [1.29, 1.82) is 0 Å². The number of benzene rings is 1. The van der Waals surface area contributed by atoms with Crippen molar-refractivity contribution in [2.75, 3.05) is 19.5 Å². The van der Waals surface area contributed by atoms with Crippen LogP contribution in [0.25, 0.3) is 0 Å². The smallest absolute Gasteiger partial charge is 0.330 e. The van der Waals surface area contributed by atoms with E-state index in [9.17, 15) is 31.2 Å². The van der Waals surface area contributed by atoms with Crippen LogP contribution in [0.3, 0.4) is 0 Å². The second kappa shape index (κ2) is 9.08. The number of hydrogen-bond donors (Lipinski definition) is 1. The van der Waals surface area contributed by atoms with Crippen molar-refractivity contribution in [3.05, 3.63) is 35.3 Å². The fourth-order valence-electron chi connectivity index (χ4n) is 4.31. The van der Waals surface area contributed by atoms with E-state index in [0.29, 0.717) is 10.8 Å². The van der Waals surface area contributed by atoms with Gasteiger partial charge in [0, 0.05) is 0 Å². The number of hydrogen-bond acceptors (Lipinski definition) is 12. The van der Waals surface area contributed by atoms with Crippen LogP contribution in [-0.4, -0.2) is 91.4 Å². The number of rotatable bonds is 8. The molecular formula is C20H22N4O9S3. The molecule has 3 heterocycles. The van der Waals surface area contributed by atoms with Crippen LogP contribution >= 0.6 is 11.3 Å². The highest BCUT2D eigenvalue weighted by atomic mass is 32.2. The second-order valence-electron chi connectivity index (χ2n) is 8.41. The third-order valence-electron chi connectivity index (χ3n) is 6.01. The highest BCUT2D eigenvalue weighted by molar-refractivity contribution is 7.97. The lowest BCUT2D eigenvalue weighted by Crippen LogP contribution is -2.72. The molecule has 2 saturated heterocycles. The van der Waals surface area contributed by atoms with Crippen molar-refractivity contribution in [3.63, 3.8) is 0 Å². The van der Waals surface area contributed by atoms with Gasteiger partial charge in [-0.2, -0.15) is 0 Å². The number of esters is 1. The Kier molecular flexibility index (Phi) is 6.55. The van der Waals surface area contributed by atoms with E-state index >= 15 is 0 Å². The molecule has 2 amide bonds. The monoisotopic (exact) mass is 558 g/mol. The minimum atomic E-state index is -4.54. The normalized spacial score (nSPS) is 26.6. The van der Waals surface area contributed by atoms with Gasteiger partial charge < -0.3 is 19.7 Å². The SMILES string of the molecule is COC(=O)[C@@H]1N2C(=O)[C@@H](NC(=O)COc3ccccc3)[C@H]2S(=O)(=O)[C@@]1(C)CS(=O)(=O)c1nnc(C)s1. The van der Waals surface area contributed by atoms with E-state index in [0.717, 1.165) is 30.3 Å². The van der Waals surface area contributed by atoms with Crippen molar-refractivity contribution in [3.8, 4) is 5.75 Å². The predicted molar refractivity (Wildman–Crippen MR) is 124 cm³/mol. The molecule has 2 aliphatic rings. The van der Waals surface area contributed by atoms with E-state index in [1.807, 2.05) is 0 Å². The summed E-state index contributed by atoms with van der Waals surface area (Å²) in [6.07, 6.45) is 0. The Bertz CT molecular complexity index is 1430. The van der Waals surface area contributed by atoms with Gasteiger partial charge in [-0.3, -0.25) is 9.59 Å². The summed E-state index contributed by atoms with van der Waals surface area (Å²) < 4.78 is 60.8. The van der Waals surface area contributed by atoms with E-state index in [-0.39, 0.29) is 0 Å². The lowest BCUT2D eigenvalue weighted by atomic mass is 9.96. The number of nitrogens with one attached hydrogen (secondary N) is 1. The number of methoxy groups -OCH3 is 1. The van der Waals surface area contributed by atoms with Crippen LogP contribution < -0.4 is 10.1 Å². The molecule has 0 bridgehead atoms. The fraction of sp³-hybridized carbons (Fsp3) is 0.450. The number of aryl methyl sites for hydroxylation is 1. The molecule has 0 radical (unpaired) electrons. The van der Waals surface area contributed by atoms with E-state index in [2.05, 4.69) is 15.5 Å². The van der Waals surface area contributed by atoms with E-state index in [1.54, 1.807) is 30.3 Å². The molecular weight excluding hydrogens is 536 g/mol. The summed E-state index contributed by atoms with van der Waals surface area (Å²) >= 11 is 0.750. The Morgan fingerprint density at radius 2 is 1.89 bits per heavy atom. The maximum absolute atomic E-state index is 13.7. The van der Waals surface area contributed by atoms with Gasteiger partial charge in [0.2, 0.25) is 20.1 Å². The molecule has 2 fully saturated rings. The van der Waals surface area contributed by atoms with Crippen molar-refractivity contribution < 1.29 is 40.7 Å². The Morgan fingerprint density at radius 3 is 2.47 bits per heavy atom. The molecule has 0 unspecified atom stereocenters. The summed E-state index contributed by atoms with van der Waals surface area (Å²) in [7, 11) is -7.87. The number of fused-ring (bicyclic) bond motifs is 1. The molecule has 4 atom stereocenters. The van der Waals surface area contributed by atoms with Crippen molar-refractivity contribution in [1.82, 2.24) is 20.4 Å². The van der Waals surface area contributed by atoms with Crippen molar-refractivity contribution in [2.45, 2.75) is 40.4 Å². The average Bonchev–Trinajstić information content (AvgIpc) is 3.33. The number of amides is 2. The zero-order valence-electron chi connectivity index (χ0n) is 19.3. The van der Waals surface area contributed by atoms with Gasteiger partial charge in [-0.25, -0.2) is 21.6 Å². The van der Waals surface area contributed by atoms with E-state index in [4.69, 9.17) is 9.47 Å². The number of nitrogens with zero attached hydrogens (tertiary/aromatic N) is 3. The third kappa shape index (κ3) is 4.12. The van der Waals surface area contributed by atoms with Crippen LogP contribution in [0.4, 0.5) is 0 Å². The maximum atomic E-state index is 13.7. The first-order chi connectivity index (χ1) is 16.8. The van der Waals surface area contributed by atoms with Gasteiger partial charge in [-0.15, -0.1) is 10.2 Å². The summed E-state index contributed by atoms with van der Waals surface area (Å²) in [6.45, 7) is 2.10. The van der Waals surface area contributed by atoms with Gasteiger partial charge in [0.25, 0.3) is 5.91 Å². The molecule has 2 aliphatic heterocycles. The molecule has 1 aromatic carbocycles. The third-order valence-corrected chi connectivity index (χ3v) is 12.2. The van der Waals surface area contributed by atoms with Crippen LogP contribution in [0.1, 0.15) is 11.9 Å². The molecule has 0 aliphatic carbocycles. The summed E-state index contributed by atoms with van der Waals surface area (Å²) in [4.78, 5) is 38.8. The number of β-lactam (4-membered cyclic amide) rings is 1. The van der Waals surface area contributed by atoms with Gasteiger partial charge >= 0.3 is 5.97 Å². The van der Waals surface area contributed by atoms with E-state index < -0.39 is 76.4 Å². The molecule has 36 heavy (non-hydrogen) atoms. The van der Waals surface area contributed by atoms with Crippen LogP contribution in [0.2, 0.25) is 0 Å². The quantitative estimate of drug-likeness (QED) is 0.313. The lowest BCUT2D eigenvalue weighted by molar-refractivity contribution is -0.162. The summed E-state index contributed by atoms with van der Waals surface area (Å²) in [5.74, 6) is -3.39. The number of carbonyl (C=O) groups excluding carboxylic acids is 3. The first-order valence-corrected chi connectivity index (χ1v) is 14.5. The largest absolute Gasteiger partial charge is 0.484 e. The number of carbonyl (C=O) groups is 3. The zero-order valence-corrected chi connectivity index (χ0v) is 21.7. The van der Waals surface area contributed by atoms with Gasteiger partial charge in [0.05, 0.1) is 12.9 Å². The fourth-order valence-corrected chi connectivity index (χ4v) is 10.2. The lowest BCUT2D eigenvalue weighted by Gasteiger charge is -2.42. The minimum absolute atomic E-state index is 0.344. The molecule has 1 N–H and O–H groups in total. The number of para-hydroxylation sites is 1. The minimum Gasteiger partial charge on any atom is -0.484 e. The standard InChI is InChI=1S/C20H22N4O9S3/c1-11-22-23-19(34-11)35(28,29)10-20(2)15(18(27)32-3)24-16(26)14(17(24)36(20,30)31)21-13(25)9-33-12-7-5-4-6-8-12/h4-8,14-15,17H,9-10H2,1-3H3,(H,21,25)/t14-,15+,17-,20+/m1/s1. The summed E-state index contributed by atoms with van der Waals surface area (Å²) in [5.41, 5.74) is 0. The summed E-state index contributed by atoms with van der Waals surface area (Å²) in [6, 6.07) is 5.08. The predicted octanol–water partition coefficient (Wildman–Crippen LogP) is -0.919. The van der Waals surface area contributed by atoms with Crippen molar-refractivity contribution >= 4 is 48.8 Å². The van der Waals surface area contributed by atoms with E-state index in [1.165, 1.54) is 6.92 Å². The van der Waals surface area contributed by atoms with Crippen LogP contribution in [0.15, 0.2) is 34.7 Å². The molecule has 2 aromatic rings. The van der Waals surface area contributed by atoms with Gasteiger partial charge in [-0.1, -0.05) is 29.5 Å². The number of aromatic nitrogens is 2. The number of sulfone groups is 2. The van der Waals surface area contributed by atoms with Crippen LogP contribution in [0.5, 0.6) is 5.75 Å². The maximum Gasteiger partial charge on any atom is 0.330 e. The Hall–Kier alpha value is -3.11. The Balaban J connectivity index is 1.61. The van der Waals surface area contributed by atoms with Crippen LogP contribution in [0, 0.1) is 6.92 Å². The molecule has 13 nitrogen and oxygen atoms in total. The Morgan fingerprint density at radius 1 is 1.22 bits per heavy atom. The number of ether oxygens (including phenoxy) is 2. The molecule has 0 saturated carbocycles. The highest BCUT2D eigenvalue weighted by Gasteiger charge is 2.75. The Labute approximate surface area is 210 Å². The zero-order chi connectivity index (χ0) is 26.5. The molecule has 0 spiro atoms. The molecule has 1 aromatic heterocycles. The van der Waals surface area contributed by atoms with Gasteiger partial charge in [0.1, 0.15) is 21.5 Å². The first-order valence-electron chi connectivity index (χ1n) is 10.5. The summed E-state index contributed by atoms with van der Waals surface area (Å²) in [5, 5.41) is 8.24. The van der Waals surface area contributed by atoms with Crippen molar-refractivity contribution in [2.24, 2.45) is 0 Å². The average molecular weight is 559 g/mol. The second-order valence-corrected chi connectivity index (χ2v) is 14.3. The highest BCUT2D eigenvalue weighted by Crippen LogP contribution is 2.47.